The fourth-order valence-electron chi connectivity index (χ4n) is 2.11. The van der Waals surface area contributed by atoms with Gasteiger partial charge in [0.25, 0.3) is 5.69 Å². The molecule has 0 heterocycles. The van der Waals surface area contributed by atoms with Crippen molar-refractivity contribution in [3.05, 3.63) is 69.8 Å². The van der Waals surface area contributed by atoms with Crippen LogP contribution in [0.15, 0.2) is 53.4 Å². The van der Waals surface area contributed by atoms with E-state index in [9.17, 15) is 19.7 Å². The average Bonchev–Trinajstić information content (AvgIpc) is 2.66. The fourth-order valence-corrected chi connectivity index (χ4v) is 3.01. The van der Waals surface area contributed by atoms with E-state index in [-0.39, 0.29) is 16.8 Å². The molecule has 0 bridgehead atoms. The Labute approximate surface area is 154 Å². The molecule has 0 aliphatic carbocycles. The second kappa shape index (κ2) is 9.00. The molecular weight excluding hydrogens is 356 g/mol. The predicted octanol–water partition coefficient (Wildman–Crippen LogP) is 3.18. The lowest BCUT2D eigenvalue weighted by molar-refractivity contribution is -0.384. The second-order valence-electron chi connectivity index (χ2n) is 5.42. The number of hydrogen-bond donors (Lipinski definition) is 1. The number of benzene rings is 2. The summed E-state index contributed by atoms with van der Waals surface area (Å²) in [6, 6.07) is 12.9. The molecule has 1 N–H and O–H groups in total. The highest BCUT2D eigenvalue weighted by Gasteiger charge is 2.15. The number of esters is 1. The number of methoxy groups -OCH3 is 1. The van der Waals surface area contributed by atoms with Crippen molar-refractivity contribution in [1.29, 1.82) is 0 Å². The molecule has 0 aromatic heterocycles. The van der Waals surface area contributed by atoms with Crippen LogP contribution in [0, 0.1) is 10.1 Å². The molecule has 136 valence electrons. The summed E-state index contributed by atoms with van der Waals surface area (Å²) in [6.07, 6.45) is 0. The Bertz CT molecular complexity index is 790. The van der Waals surface area contributed by atoms with Crippen molar-refractivity contribution in [2.75, 3.05) is 7.11 Å². The van der Waals surface area contributed by atoms with Gasteiger partial charge in [-0.15, -0.1) is 11.8 Å². The van der Waals surface area contributed by atoms with Crippen LogP contribution in [-0.4, -0.2) is 29.2 Å². The molecular formula is C18H18N2O5S. The Morgan fingerprint density at radius 2 is 1.77 bits per heavy atom. The van der Waals surface area contributed by atoms with Crippen molar-refractivity contribution in [2.45, 2.75) is 23.6 Å². The third kappa shape index (κ3) is 5.32. The van der Waals surface area contributed by atoms with E-state index in [1.807, 2.05) is 0 Å². The summed E-state index contributed by atoms with van der Waals surface area (Å²) in [6.45, 7) is 2.10. The summed E-state index contributed by atoms with van der Waals surface area (Å²) in [7, 11) is 1.32. The highest BCUT2D eigenvalue weighted by atomic mass is 32.2. The van der Waals surface area contributed by atoms with Crippen LogP contribution in [0.4, 0.5) is 5.69 Å². The number of amides is 1. The van der Waals surface area contributed by atoms with Gasteiger partial charge in [-0.05, 0) is 36.8 Å². The summed E-state index contributed by atoms with van der Waals surface area (Å²) in [5.74, 6) is -0.556. The van der Waals surface area contributed by atoms with Gasteiger partial charge in [-0.3, -0.25) is 14.9 Å². The maximum absolute atomic E-state index is 12.2. The van der Waals surface area contributed by atoms with Gasteiger partial charge in [0.2, 0.25) is 5.91 Å². The van der Waals surface area contributed by atoms with Gasteiger partial charge in [0, 0.05) is 23.6 Å². The third-order valence-electron chi connectivity index (χ3n) is 3.57. The zero-order chi connectivity index (χ0) is 19.1. The molecule has 0 spiro atoms. The van der Waals surface area contributed by atoms with E-state index in [1.54, 1.807) is 43.3 Å². The summed E-state index contributed by atoms with van der Waals surface area (Å²) >= 11 is 1.32. The summed E-state index contributed by atoms with van der Waals surface area (Å²) in [5, 5.41) is 13.1. The summed E-state index contributed by atoms with van der Waals surface area (Å²) in [4.78, 5) is 34.5. The van der Waals surface area contributed by atoms with Crippen molar-refractivity contribution >= 4 is 29.3 Å². The van der Waals surface area contributed by atoms with Gasteiger partial charge in [-0.1, -0.05) is 12.1 Å². The van der Waals surface area contributed by atoms with Crippen molar-refractivity contribution in [3.63, 3.8) is 0 Å². The number of nitro benzene ring substituents is 1. The number of hydrogen-bond acceptors (Lipinski definition) is 6. The van der Waals surface area contributed by atoms with Crippen LogP contribution >= 0.6 is 11.8 Å². The number of nitrogens with zero attached hydrogens (tertiary/aromatic N) is 1. The zero-order valence-corrected chi connectivity index (χ0v) is 15.1. The number of rotatable bonds is 7. The molecule has 0 aliphatic rings. The molecule has 2 rings (SSSR count). The Hall–Kier alpha value is -2.87. The molecule has 0 saturated heterocycles. The Morgan fingerprint density at radius 3 is 2.31 bits per heavy atom. The second-order valence-corrected chi connectivity index (χ2v) is 6.83. The van der Waals surface area contributed by atoms with Crippen LogP contribution in [0.3, 0.4) is 0 Å². The van der Waals surface area contributed by atoms with Crippen LogP contribution < -0.4 is 5.32 Å². The number of non-ortho nitro benzene ring substituents is 1. The lowest BCUT2D eigenvalue weighted by Gasteiger charge is -2.12. The van der Waals surface area contributed by atoms with Crippen LogP contribution in [0.5, 0.6) is 0 Å². The smallest absolute Gasteiger partial charge is 0.337 e. The molecule has 2 aromatic rings. The number of ether oxygens (including phenoxy) is 1. The molecule has 2 aromatic carbocycles. The first-order valence-electron chi connectivity index (χ1n) is 7.77. The van der Waals surface area contributed by atoms with Gasteiger partial charge in [0.05, 0.1) is 22.8 Å². The molecule has 8 heteroatoms. The average molecular weight is 374 g/mol. The van der Waals surface area contributed by atoms with Gasteiger partial charge in [0.15, 0.2) is 0 Å². The van der Waals surface area contributed by atoms with Crippen molar-refractivity contribution in [2.24, 2.45) is 0 Å². The Balaban J connectivity index is 1.86. The molecule has 0 saturated carbocycles. The van der Waals surface area contributed by atoms with Crippen LogP contribution in [0.25, 0.3) is 0 Å². The predicted molar refractivity (Wildman–Crippen MR) is 98.0 cm³/mol. The van der Waals surface area contributed by atoms with Crippen molar-refractivity contribution < 1.29 is 19.2 Å². The topological polar surface area (TPSA) is 98.5 Å². The van der Waals surface area contributed by atoms with Crippen LogP contribution in [0.2, 0.25) is 0 Å². The largest absolute Gasteiger partial charge is 0.465 e. The molecule has 0 fully saturated rings. The minimum atomic E-state index is -0.462. The lowest BCUT2D eigenvalue weighted by Crippen LogP contribution is -2.30. The van der Waals surface area contributed by atoms with E-state index in [1.165, 1.54) is 31.0 Å². The number of carbonyl (C=O) groups excluding carboxylic acids is 2. The van der Waals surface area contributed by atoms with E-state index in [4.69, 9.17) is 0 Å². The number of carbonyl (C=O) groups is 2. The normalized spacial score (nSPS) is 11.5. The van der Waals surface area contributed by atoms with Crippen molar-refractivity contribution in [3.8, 4) is 0 Å². The maximum atomic E-state index is 12.2. The first kappa shape index (κ1) is 19.5. The highest BCUT2D eigenvalue weighted by molar-refractivity contribution is 8.00. The van der Waals surface area contributed by atoms with E-state index in [0.717, 1.165) is 10.5 Å². The van der Waals surface area contributed by atoms with E-state index in [0.29, 0.717) is 12.1 Å². The molecule has 7 nitrogen and oxygen atoms in total. The lowest BCUT2D eigenvalue weighted by atomic mass is 10.1. The van der Waals surface area contributed by atoms with Gasteiger partial charge in [-0.2, -0.15) is 0 Å². The first-order valence-corrected chi connectivity index (χ1v) is 8.64. The third-order valence-corrected chi connectivity index (χ3v) is 4.68. The number of nitrogens with one attached hydrogen (secondary N) is 1. The SMILES string of the molecule is COC(=O)c1ccc(CNC(=O)C(C)Sc2ccc([N+](=O)[O-])cc2)cc1. The molecule has 0 radical (unpaired) electrons. The molecule has 1 unspecified atom stereocenters. The van der Waals surface area contributed by atoms with Crippen molar-refractivity contribution in [1.82, 2.24) is 5.32 Å². The maximum Gasteiger partial charge on any atom is 0.337 e. The van der Waals surface area contributed by atoms with Gasteiger partial charge in [-0.25, -0.2) is 4.79 Å². The quantitative estimate of drug-likeness (QED) is 0.346. The van der Waals surface area contributed by atoms with E-state index < -0.39 is 10.9 Å². The Morgan fingerprint density at radius 1 is 1.15 bits per heavy atom. The van der Waals surface area contributed by atoms with Crippen LogP contribution in [-0.2, 0) is 16.1 Å². The van der Waals surface area contributed by atoms with Gasteiger partial charge >= 0.3 is 5.97 Å². The molecule has 0 aliphatic heterocycles. The molecule has 1 amide bonds. The number of thioether (sulfide) groups is 1. The van der Waals surface area contributed by atoms with Gasteiger partial charge in [0.1, 0.15) is 0 Å². The summed E-state index contributed by atoms with van der Waals surface area (Å²) in [5.41, 5.74) is 1.32. The molecule has 26 heavy (non-hydrogen) atoms. The zero-order valence-electron chi connectivity index (χ0n) is 14.3. The Kier molecular flexibility index (Phi) is 6.74. The van der Waals surface area contributed by atoms with Crippen LogP contribution in [0.1, 0.15) is 22.8 Å². The monoisotopic (exact) mass is 374 g/mol. The van der Waals surface area contributed by atoms with Gasteiger partial charge < -0.3 is 10.1 Å². The first-order chi connectivity index (χ1) is 12.4. The number of nitro groups is 1. The highest BCUT2D eigenvalue weighted by Crippen LogP contribution is 2.25. The van der Waals surface area contributed by atoms with E-state index >= 15 is 0 Å². The minimum Gasteiger partial charge on any atom is -0.465 e. The minimum absolute atomic E-state index is 0.0156. The summed E-state index contributed by atoms with van der Waals surface area (Å²) < 4.78 is 4.63. The fraction of sp³-hybridized carbons (Fsp3) is 0.222. The molecule has 1 atom stereocenters. The standard InChI is InChI=1S/C18H18N2O5S/c1-12(26-16-9-7-15(8-10-16)20(23)24)17(21)19-11-13-3-5-14(6-4-13)18(22)25-2/h3-10,12H,11H2,1-2H3,(H,19,21). The van der Waals surface area contributed by atoms with E-state index in [2.05, 4.69) is 10.1 Å².